The molecule has 90 valence electrons. The van der Waals surface area contributed by atoms with Gasteiger partial charge in [-0.2, -0.15) is 4.39 Å². The Morgan fingerprint density at radius 2 is 2.06 bits per heavy atom. The van der Waals surface area contributed by atoms with Crippen molar-refractivity contribution in [3.05, 3.63) is 42.3 Å². The quantitative estimate of drug-likeness (QED) is 0.695. The number of pyridine rings is 1. The summed E-state index contributed by atoms with van der Waals surface area (Å²) >= 11 is 1.41. The van der Waals surface area contributed by atoms with E-state index in [-0.39, 0.29) is 0 Å². The summed E-state index contributed by atoms with van der Waals surface area (Å²) in [6.45, 7) is 0. The number of anilines is 3. The molecule has 3 aromatic rings. The molecule has 6 heteroatoms. The van der Waals surface area contributed by atoms with Crippen LogP contribution in [0.25, 0.3) is 10.2 Å². The van der Waals surface area contributed by atoms with E-state index >= 15 is 0 Å². The van der Waals surface area contributed by atoms with Gasteiger partial charge in [0.15, 0.2) is 5.13 Å². The van der Waals surface area contributed by atoms with Crippen molar-refractivity contribution in [3.8, 4) is 0 Å². The van der Waals surface area contributed by atoms with Gasteiger partial charge in [0, 0.05) is 5.69 Å². The normalized spacial score (nSPS) is 10.7. The molecule has 0 saturated carbocycles. The Morgan fingerprint density at radius 1 is 1.17 bits per heavy atom. The van der Waals surface area contributed by atoms with Crippen LogP contribution >= 0.6 is 11.3 Å². The number of benzene rings is 1. The predicted molar refractivity (Wildman–Crippen MR) is 71.5 cm³/mol. The number of aromatic nitrogens is 2. The van der Waals surface area contributed by atoms with Gasteiger partial charge in [0.2, 0.25) is 5.95 Å². The van der Waals surface area contributed by atoms with Crippen LogP contribution in [0.1, 0.15) is 0 Å². The lowest BCUT2D eigenvalue weighted by molar-refractivity contribution is 0.585. The number of hydrogen-bond donors (Lipinski definition) is 2. The van der Waals surface area contributed by atoms with Crippen LogP contribution in [0.15, 0.2) is 36.4 Å². The predicted octanol–water partition coefficient (Wildman–Crippen LogP) is 3.16. The summed E-state index contributed by atoms with van der Waals surface area (Å²) in [5.74, 6) is -0.0463. The maximum atomic E-state index is 13.0. The summed E-state index contributed by atoms with van der Waals surface area (Å²) in [5, 5.41) is 3.57. The first-order valence-electron chi connectivity index (χ1n) is 5.26. The zero-order valence-corrected chi connectivity index (χ0v) is 10.0. The lowest BCUT2D eigenvalue weighted by Crippen LogP contribution is -1.94. The first kappa shape index (κ1) is 10.9. The molecular weight excluding hydrogens is 251 g/mol. The molecule has 0 aliphatic heterocycles. The molecule has 0 fully saturated rings. The highest BCUT2D eigenvalue weighted by molar-refractivity contribution is 7.22. The van der Waals surface area contributed by atoms with E-state index < -0.39 is 5.95 Å². The summed E-state index contributed by atoms with van der Waals surface area (Å²) in [5.41, 5.74) is 7.32. The van der Waals surface area contributed by atoms with Crippen LogP contribution in [0.3, 0.4) is 0 Å². The third-order valence-electron chi connectivity index (χ3n) is 2.39. The van der Waals surface area contributed by atoms with Crippen molar-refractivity contribution in [2.75, 3.05) is 11.1 Å². The molecule has 0 spiro atoms. The minimum absolute atomic E-state index is 0.465. The van der Waals surface area contributed by atoms with Crippen molar-refractivity contribution < 1.29 is 4.39 Å². The number of thiazole rings is 1. The minimum Gasteiger partial charge on any atom is -0.375 e. The van der Waals surface area contributed by atoms with E-state index in [4.69, 9.17) is 5.73 Å². The van der Waals surface area contributed by atoms with Crippen molar-refractivity contribution in [1.29, 1.82) is 0 Å². The van der Waals surface area contributed by atoms with E-state index in [1.54, 1.807) is 12.1 Å². The van der Waals surface area contributed by atoms with Crippen LogP contribution < -0.4 is 11.1 Å². The lowest BCUT2D eigenvalue weighted by Gasteiger charge is -2.04. The van der Waals surface area contributed by atoms with Crippen LogP contribution in [0.5, 0.6) is 0 Å². The van der Waals surface area contributed by atoms with Gasteiger partial charge < -0.3 is 11.1 Å². The van der Waals surface area contributed by atoms with Crippen molar-refractivity contribution >= 4 is 38.2 Å². The fourth-order valence-electron chi connectivity index (χ4n) is 1.65. The lowest BCUT2D eigenvalue weighted by atomic mass is 10.3. The van der Waals surface area contributed by atoms with Crippen LogP contribution in [0.4, 0.5) is 21.0 Å². The summed E-state index contributed by atoms with van der Waals surface area (Å²) in [4.78, 5) is 7.91. The van der Waals surface area contributed by atoms with Crippen molar-refractivity contribution in [2.45, 2.75) is 0 Å². The minimum atomic E-state index is -0.511. The third kappa shape index (κ3) is 2.10. The topological polar surface area (TPSA) is 63.8 Å². The first-order chi connectivity index (χ1) is 8.70. The Labute approximate surface area is 106 Å². The van der Waals surface area contributed by atoms with Crippen molar-refractivity contribution in [3.63, 3.8) is 0 Å². The van der Waals surface area contributed by atoms with Gasteiger partial charge in [-0.1, -0.05) is 17.4 Å². The number of halogens is 1. The Bertz CT molecular complexity index is 710. The molecule has 0 unspecified atom stereocenters. The van der Waals surface area contributed by atoms with E-state index in [0.29, 0.717) is 10.9 Å². The van der Waals surface area contributed by atoms with Gasteiger partial charge in [-0.25, -0.2) is 9.97 Å². The zero-order chi connectivity index (χ0) is 12.5. The van der Waals surface area contributed by atoms with Crippen molar-refractivity contribution in [1.82, 2.24) is 9.97 Å². The summed E-state index contributed by atoms with van der Waals surface area (Å²) in [7, 11) is 0. The Hall–Kier alpha value is -2.21. The second-order valence-corrected chi connectivity index (χ2v) is 4.77. The van der Waals surface area contributed by atoms with Gasteiger partial charge in [0.05, 0.1) is 10.2 Å². The second-order valence-electron chi connectivity index (χ2n) is 3.71. The standard InChI is InChI=1S/C12H9FN4S/c13-10-2-1-3-11(17-10)15-7-4-5-8-9(6-7)18-12(14)16-8/h1-6H,(H2,14,16)(H,15,17). The van der Waals surface area contributed by atoms with E-state index in [2.05, 4.69) is 15.3 Å². The molecule has 0 radical (unpaired) electrons. The Kier molecular flexibility index (Phi) is 2.56. The largest absolute Gasteiger partial charge is 0.375 e. The average molecular weight is 260 g/mol. The maximum absolute atomic E-state index is 13.0. The highest BCUT2D eigenvalue weighted by atomic mass is 32.1. The van der Waals surface area contributed by atoms with Gasteiger partial charge >= 0.3 is 0 Å². The number of nitrogens with one attached hydrogen (secondary N) is 1. The molecule has 0 aliphatic rings. The van der Waals surface area contributed by atoms with E-state index in [1.165, 1.54) is 17.4 Å². The molecule has 1 aromatic carbocycles. The van der Waals surface area contributed by atoms with E-state index in [9.17, 15) is 4.39 Å². The number of hydrogen-bond acceptors (Lipinski definition) is 5. The zero-order valence-electron chi connectivity index (χ0n) is 9.22. The Morgan fingerprint density at radius 3 is 2.89 bits per heavy atom. The van der Waals surface area contributed by atoms with Crippen LogP contribution in [0, 0.1) is 5.95 Å². The van der Waals surface area contributed by atoms with Gasteiger partial charge in [0.25, 0.3) is 0 Å². The highest BCUT2D eigenvalue weighted by Gasteiger charge is 2.03. The van der Waals surface area contributed by atoms with E-state index in [0.717, 1.165) is 15.9 Å². The monoisotopic (exact) mass is 260 g/mol. The molecule has 2 aromatic heterocycles. The highest BCUT2D eigenvalue weighted by Crippen LogP contribution is 2.27. The SMILES string of the molecule is Nc1nc2ccc(Nc3cccc(F)n3)cc2s1. The second kappa shape index (κ2) is 4.23. The van der Waals surface area contributed by atoms with Crippen LogP contribution in [-0.2, 0) is 0 Å². The van der Waals surface area contributed by atoms with Crippen LogP contribution in [-0.4, -0.2) is 9.97 Å². The molecule has 0 saturated heterocycles. The third-order valence-corrected chi connectivity index (χ3v) is 3.24. The molecule has 0 bridgehead atoms. The van der Waals surface area contributed by atoms with Crippen LogP contribution in [0.2, 0.25) is 0 Å². The van der Waals surface area contributed by atoms with E-state index in [1.807, 2.05) is 18.2 Å². The molecule has 0 amide bonds. The number of fused-ring (bicyclic) bond motifs is 1. The number of nitrogen functional groups attached to an aromatic ring is 1. The number of nitrogens with two attached hydrogens (primary N) is 1. The molecule has 3 rings (SSSR count). The van der Waals surface area contributed by atoms with Gasteiger partial charge in [-0.05, 0) is 30.3 Å². The fourth-order valence-corrected chi connectivity index (χ4v) is 2.42. The fraction of sp³-hybridized carbons (Fsp3) is 0. The van der Waals surface area contributed by atoms with Gasteiger partial charge in [-0.3, -0.25) is 0 Å². The molecule has 3 N–H and O–H groups in total. The summed E-state index contributed by atoms with van der Waals surface area (Å²) < 4.78 is 13.9. The molecule has 0 aliphatic carbocycles. The maximum Gasteiger partial charge on any atom is 0.214 e. The number of rotatable bonds is 2. The molecule has 18 heavy (non-hydrogen) atoms. The summed E-state index contributed by atoms with van der Waals surface area (Å²) in [6, 6.07) is 10.2. The summed E-state index contributed by atoms with van der Waals surface area (Å²) in [6.07, 6.45) is 0. The van der Waals surface area contributed by atoms with Gasteiger partial charge in [-0.15, -0.1) is 0 Å². The first-order valence-corrected chi connectivity index (χ1v) is 6.08. The molecule has 4 nitrogen and oxygen atoms in total. The Balaban J connectivity index is 1.94. The smallest absolute Gasteiger partial charge is 0.214 e. The molecule has 2 heterocycles. The number of nitrogens with zero attached hydrogens (tertiary/aromatic N) is 2. The van der Waals surface area contributed by atoms with Crippen molar-refractivity contribution in [2.24, 2.45) is 0 Å². The molecular formula is C12H9FN4S. The molecule has 0 atom stereocenters. The van der Waals surface area contributed by atoms with Gasteiger partial charge in [0.1, 0.15) is 5.82 Å². The average Bonchev–Trinajstić information content (AvgIpc) is 2.68.